The van der Waals surface area contributed by atoms with Crippen LogP contribution in [-0.4, -0.2) is 54.5 Å². The Bertz CT molecular complexity index is 1220. The fourth-order valence-corrected chi connectivity index (χ4v) is 5.70. The van der Waals surface area contributed by atoms with Gasteiger partial charge in [0.25, 0.3) is 5.91 Å². The lowest BCUT2D eigenvalue weighted by Crippen LogP contribution is -2.44. The molecule has 36 heavy (non-hydrogen) atoms. The van der Waals surface area contributed by atoms with Crippen LogP contribution in [0.5, 0.6) is 5.75 Å². The van der Waals surface area contributed by atoms with Gasteiger partial charge in [-0.05, 0) is 87.5 Å². The van der Waals surface area contributed by atoms with Crippen molar-refractivity contribution in [2.75, 3.05) is 32.8 Å². The Morgan fingerprint density at radius 2 is 1.83 bits per heavy atom. The van der Waals surface area contributed by atoms with Crippen molar-refractivity contribution in [2.45, 2.75) is 43.6 Å². The molecule has 3 heterocycles. The number of nitrogens with one attached hydrogen (secondary N) is 1. The fraction of sp³-hybridized carbons (Fsp3) is 0.444. The van der Waals surface area contributed by atoms with E-state index >= 15 is 0 Å². The lowest BCUT2D eigenvalue weighted by Gasteiger charge is -2.32. The van der Waals surface area contributed by atoms with E-state index in [9.17, 15) is 23.6 Å². The number of urea groups is 1. The van der Waals surface area contributed by atoms with Crippen molar-refractivity contribution in [1.29, 1.82) is 5.26 Å². The molecule has 0 radical (unpaired) electrons. The normalized spacial score (nSPS) is 22.6. The number of rotatable bonds is 5. The van der Waals surface area contributed by atoms with Gasteiger partial charge in [-0.25, -0.2) is 13.6 Å². The highest BCUT2D eigenvalue weighted by Gasteiger charge is 2.53. The molecule has 0 aromatic heterocycles. The summed E-state index contributed by atoms with van der Waals surface area (Å²) in [6, 6.07) is 10.2. The van der Waals surface area contributed by atoms with Crippen molar-refractivity contribution < 1.29 is 23.1 Å². The molecule has 3 amide bonds. The summed E-state index contributed by atoms with van der Waals surface area (Å²) < 4.78 is 32.9. The molecule has 3 aliphatic heterocycles. The Morgan fingerprint density at radius 3 is 2.61 bits per heavy atom. The van der Waals surface area contributed by atoms with Gasteiger partial charge in [0.2, 0.25) is 0 Å². The highest BCUT2D eigenvalue weighted by molar-refractivity contribution is 6.07. The van der Waals surface area contributed by atoms with Crippen LogP contribution in [0.3, 0.4) is 0 Å². The van der Waals surface area contributed by atoms with E-state index in [0.717, 1.165) is 38.0 Å². The Morgan fingerprint density at radius 1 is 1.08 bits per heavy atom. The van der Waals surface area contributed by atoms with Gasteiger partial charge in [-0.1, -0.05) is 6.07 Å². The third kappa shape index (κ3) is 4.42. The second kappa shape index (κ2) is 9.86. The van der Waals surface area contributed by atoms with Crippen LogP contribution >= 0.6 is 0 Å². The van der Waals surface area contributed by atoms with Crippen molar-refractivity contribution >= 4 is 11.9 Å². The minimum Gasteiger partial charge on any atom is -0.493 e. The highest BCUT2D eigenvalue weighted by atomic mass is 19.1. The van der Waals surface area contributed by atoms with Crippen LogP contribution in [0.4, 0.5) is 13.6 Å². The van der Waals surface area contributed by atoms with Gasteiger partial charge >= 0.3 is 6.03 Å². The van der Waals surface area contributed by atoms with Crippen molar-refractivity contribution in [2.24, 2.45) is 0 Å². The van der Waals surface area contributed by atoms with Gasteiger partial charge in [0.05, 0.1) is 18.2 Å². The monoisotopic (exact) mass is 494 g/mol. The van der Waals surface area contributed by atoms with E-state index in [1.165, 1.54) is 35.2 Å². The number of carbonyl (C=O) groups excluding carboxylic acids is 2. The average molecular weight is 495 g/mol. The minimum absolute atomic E-state index is 0.213. The van der Waals surface area contributed by atoms with Crippen molar-refractivity contribution in [3.63, 3.8) is 0 Å². The fourth-order valence-electron chi connectivity index (χ4n) is 5.70. The second-order valence-electron chi connectivity index (χ2n) is 9.70. The van der Waals surface area contributed by atoms with Crippen LogP contribution in [0.1, 0.15) is 54.7 Å². The number of amides is 3. The summed E-state index contributed by atoms with van der Waals surface area (Å²) in [6.07, 6.45) is 3.31. The van der Waals surface area contributed by atoms with Gasteiger partial charge in [-0.3, -0.25) is 9.69 Å². The predicted octanol–water partition coefficient (Wildman–Crippen LogP) is 4.03. The van der Waals surface area contributed by atoms with Crippen molar-refractivity contribution in [1.82, 2.24) is 15.1 Å². The number of carbonyl (C=O) groups is 2. The zero-order valence-electron chi connectivity index (χ0n) is 19.9. The molecule has 2 fully saturated rings. The van der Waals surface area contributed by atoms with Crippen LogP contribution < -0.4 is 10.1 Å². The number of nitrogens with zero attached hydrogens (tertiary/aromatic N) is 3. The molecule has 0 saturated carbocycles. The molecule has 1 unspecified atom stereocenters. The number of piperidine rings is 1. The van der Waals surface area contributed by atoms with E-state index in [1.54, 1.807) is 6.07 Å². The Hall–Kier alpha value is -3.51. The maximum absolute atomic E-state index is 13.8. The summed E-state index contributed by atoms with van der Waals surface area (Å²) in [6.45, 7) is 3.03. The molecular weight excluding hydrogens is 466 g/mol. The van der Waals surface area contributed by atoms with Gasteiger partial charge in [-0.15, -0.1) is 0 Å². The number of benzene rings is 2. The molecule has 5 rings (SSSR count). The van der Waals surface area contributed by atoms with Gasteiger partial charge in [0.15, 0.2) is 5.54 Å². The SMILES string of the molecule is N#Cc1cc(F)ccc1C1CCN(CCCN2C(=O)NC3(CCCOc4cc(F)ccc43)C2=O)CC1. The topological polar surface area (TPSA) is 85.7 Å². The summed E-state index contributed by atoms with van der Waals surface area (Å²) >= 11 is 0. The molecular formula is C27H28F2N4O3. The summed E-state index contributed by atoms with van der Waals surface area (Å²) in [7, 11) is 0. The van der Waals surface area contributed by atoms with E-state index in [4.69, 9.17) is 4.74 Å². The van der Waals surface area contributed by atoms with E-state index < -0.39 is 23.2 Å². The molecule has 1 N–H and O–H groups in total. The number of ether oxygens (including phenoxy) is 1. The molecule has 3 aliphatic rings. The van der Waals surface area contributed by atoms with Gasteiger partial charge in [-0.2, -0.15) is 5.26 Å². The molecule has 188 valence electrons. The van der Waals surface area contributed by atoms with Crippen molar-refractivity contribution in [3.05, 3.63) is 64.7 Å². The number of hydrogen-bond acceptors (Lipinski definition) is 5. The third-order valence-electron chi connectivity index (χ3n) is 7.55. The lowest BCUT2D eigenvalue weighted by atomic mass is 9.85. The van der Waals surface area contributed by atoms with Crippen LogP contribution in [0.25, 0.3) is 0 Å². The van der Waals surface area contributed by atoms with Crippen molar-refractivity contribution in [3.8, 4) is 11.8 Å². The molecule has 1 spiro atoms. The number of halogens is 2. The van der Waals surface area contributed by atoms with E-state index in [1.807, 2.05) is 0 Å². The predicted molar refractivity (Wildman–Crippen MR) is 127 cm³/mol. The highest BCUT2D eigenvalue weighted by Crippen LogP contribution is 2.41. The first kappa shape index (κ1) is 24.2. The second-order valence-corrected chi connectivity index (χ2v) is 9.70. The zero-order chi connectivity index (χ0) is 25.3. The number of nitriles is 1. The summed E-state index contributed by atoms with van der Waals surface area (Å²) in [5, 5.41) is 12.2. The summed E-state index contributed by atoms with van der Waals surface area (Å²) in [5.74, 6) is -0.658. The van der Waals surface area contributed by atoms with Gasteiger partial charge in [0.1, 0.15) is 17.4 Å². The van der Waals surface area contributed by atoms with Crippen LogP contribution in [0.15, 0.2) is 36.4 Å². The maximum Gasteiger partial charge on any atom is 0.325 e. The maximum atomic E-state index is 13.8. The largest absolute Gasteiger partial charge is 0.493 e. The first-order chi connectivity index (χ1) is 17.4. The van der Waals surface area contributed by atoms with Crippen LogP contribution in [-0.2, 0) is 10.3 Å². The molecule has 2 aromatic rings. The molecule has 0 bridgehead atoms. The van der Waals surface area contributed by atoms with Crippen LogP contribution in [0.2, 0.25) is 0 Å². The molecule has 2 saturated heterocycles. The number of imide groups is 1. The lowest BCUT2D eigenvalue weighted by molar-refractivity contribution is -0.132. The summed E-state index contributed by atoms with van der Waals surface area (Å²) in [5.41, 5.74) is 0.578. The molecule has 1 atom stereocenters. The molecule has 9 heteroatoms. The minimum atomic E-state index is -1.22. The number of fused-ring (bicyclic) bond motifs is 2. The molecule has 2 aromatic carbocycles. The Balaban J connectivity index is 1.18. The Labute approximate surface area is 208 Å². The summed E-state index contributed by atoms with van der Waals surface area (Å²) in [4.78, 5) is 29.9. The van der Waals surface area contributed by atoms with Crippen LogP contribution in [0, 0.1) is 23.0 Å². The number of hydrogen-bond donors (Lipinski definition) is 1. The van der Waals surface area contributed by atoms with E-state index in [2.05, 4.69) is 16.3 Å². The Kier molecular flexibility index (Phi) is 6.63. The van der Waals surface area contributed by atoms with E-state index in [0.29, 0.717) is 49.3 Å². The molecule has 0 aliphatic carbocycles. The quantitative estimate of drug-likeness (QED) is 0.635. The third-order valence-corrected chi connectivity index (χ3v) is 7.55. The average Bonchev–Trinajstić information content (AvgIpc) is 3.00. The zero-order valence-corrected chi connectivity index (χ0v) is 19.9. The smallest absolute Gasteiger partial charge is 0.325 e. The first-order valence-electron chi connectivity index (χ1n) is 12.4. The van der Waals surface area contributed by atoms with E-state index in [-0.39, 0.29) is 11.8 Å². The van der Waals surface area contributed by atoms with Gasteiger partial charge < -0.3 is 15.0 Å². The standard InChI is InChI=1S/C27H28F2N4O3/c28-20-3-5-22(19(15-20)17-30)18-7-12-32(13-8-18)10-2-11-33-25(34)27(31-26(33)35)9-1-14-36-24-16-21(29)4-6-23(24)27/h3-6,15-16,18H,1-2,7-14H2,(H,31,35). The van der Waals surface area contributed by atoms with Gasteiger partial charge in [0, 0.05) is 18.2 Å². The number of likely N-dealkylation sites (tertiary alicyclic amines) is 1. The first-order valence-corrected chi connectivity index (χ1v) is 12.4. The molecule has 7 nitrogen and oxygen atoms in total.